The van der Waals surface area contributed by atoms with Crippen LogP contribution in [0.2, 0.25) is 0 Å². The quantitative estimate of drug-likeness (QED) is 0.860. The zero-order chi connectivity index (χ0) is 12.1. The number of rotatable bonds is 4. The Balaban J connectivity index is 1.84. The number of hydrogen-bond acceptors (Lipinski definition) is 3. The molecule has 1 aliphatic heterocycles. The van der Waals surface area contributed by atoms with Gasteiger partial charge in [-0.05, 0) is 63.0 Å². The molecule has 0 aliphatic carbocycles. The molecule has 1 aromatic heterocycles. The second kappa shape index (κ2) is 6.12. The van der Waals surface area contributed by atoms with E-state index in [9.17, 15) is 0 Å². The molecule has 1 saturated heterocycles. The minimum absolute atomic E-state index is 0.811. The van der Waals surface area contributed by atoms with Crippen LogP contribution in [0.4, 0.5) is 0 Å². The lowest BCUT2D eigenvalue weighted by atomic mass is 9.99. The van der Waals surface area contributed by atoms with Crippen LogP contribution in [0.25, 0.3) is 0 Å². The van der Waals surface area contributed by atoms with Crippen molar-refractivity contribution in [2.45, 2.75) is 26.3 Å². The lowest BCUT2D eigenvalue weighted by molar-refractivity contribution is 0.237. The van der Waals surface area contributed by atoms with Crippen molar-refractivity contribution in [3.05, 3.63) is 29.6 Å². The molecule has 94 valence electrons. The molecule has 0 spiro atoms. The van der Waals surface area contributed by atoms with Crippen LogP contribution in [0.1, 0.15) is 24.0 Å². The van der Waals surface area contributed by atoms with Gasteiger partial charge in [0.05, 0.1) is 0 Å². The van der Waals surface area contributed by atoms with Gasteiger partial charge in [-0.15, -0.1) is 0 Å². The molecule has 0 aromatic carbocycles. The van der Waals surface area contributed by atoms with Crippen LogP contribution in [0.3, 0.4) is 0 Å². The van der Waals surface area contributed by atoms with Crippen LogP contribution in [-0.4, -0.2) is 36.6 Å². The predicted octanol–water partition coefficient (Wildman–Crippen LogP) is 1.82. The molecule has 0 bridgehead atoms. The normalized spacial score (nSPS) is 20.8. The summed E-state index contributed by atoms with van der Waals surface area (Å²) in [4.78, 5) is 6.62. The molecule has 3 heteroatoms. The van der Waals surface area contributed by atoms with Crippen LogP contribution < -0.4 is 5.32 Å². The Kier molecular flexibility index (Phi) is 4.51. The van der Waals surface area contributed by atoms with Gasteiger partial charge in [0.1, 0.15) is 0 Å². The summed E-state index contributed by atoms with van der Waals surface area (Å²) < 4.78 is 0. The van der Waals surface area contributed by atoms with Crippen molar-refractivity contribution >= 4 is 0 Å². The molecule has 17 heavy (non-hydrogen) atoms. The lowest BCUT2D eigenvalue weighted by Gasteiger charge is -2.27. The molecule has 1 N–H and O–H groups in total. The topological polar surface area (TPSA) is 28.2 Å². The van der Waals surface area contributed by atoms with Crippen molar-refractivity contribution in [2.75, 3.05) is 26.7 Å². The first-order valence-electron chi connectivity index (χ1n) is 6.54. The van der Waals surface area contributed by atoms with Crippen LogP contribution in [-0.2, 0) is 6.54 Å². The van der Waals surface area contributed by atoms with E-state index in [2.05, 4.69) is 35.2 Å². The van der Waals surface area contributed by atoms with Gasteiger partial charge in [0, 0.05) is 25.5 Å². The van der Waals surface area contributed by atoms with E-state index in [1.54, 1.807) is 0 Å². The Bertz CT molecular complexity index is 345. The molecular formula is C14H23N3. The zero-order valence-electron chi connectivity index (χ0n) is 10.9. The van der Waals surface area contributed by atoms with Crippen LogP contribution >= 0.6 is 0 Å². The van der Waals surface area contributed by atoms with Crippen molar-refractivity contribution in [2.24, 2.45) is 5.92 Å². The summed E-state index contributed by atoms with van der Waals surface area (Å²) in [5.41, 5.74) is 2.69. The third-order valence-corrected chi connectivity index (χ3v) is 3.56. The van der Waals surface area contributed by atoms with Gasteiger partial charge >= 0.3 is 0 Å². The van der Waals surface area contributed by atoms with Gasteiger partial charge in [0.25, 0.3) is 0 Å². The van der Waals surface area contributed by atoms with Crippen molar-refractivity contribution in [3.8, 4) is 0 Å². The van der Waals surface area contributed by atoms with Gasteiger partial charge in [0.15, 0.2) is 0 Å². The van der Waals surface area contributed by atoms with E-state index in [0.29, 0.717) is 0 Å². The molecule has 1 aromatic rings. The first kappa shape index (κ1) is 12.5. The number of piperidine rings is 1. The number of pyridine rings is 1. The fourth-order valence-corrected chi connectivity index (χ4v) is 2.54. The molecule has 1 fully saturated rings. The maximum atomic E-state index is 4.21. The highest BCUT2D eigenvalue weighted by Gasteiger charge is 2.15. The van der Waals surface area contributed by atoms with Gasteiger partial charge in [0.2, 0.25) is 0 Å². The minimum Gasteiger partial charge on any atom is -0.316 e. The second-order valence-electron chi connectivity index (χ2n) is 5.21. The Hall–Kier alpha value is -0.930. The molecule has 3 nitrogen and oxygen atoms in total. The smallest absolute Gasteiger partial charge is 0.0315 e. The third kappa shape index (κ3) is 3.79. The molecule has 0 radical (unpaired) electrons. The first-order valence-corrected chi connectivity index (χ1v) is 6.54. The van der Waals surface area contributed by atoms with Gasteiger partial charge in [-0.2, -0.15) is 0 Å². The molecule has 2 rings (SSSR count). The number of nitrogens with zero attached hydrogens (tertiary/aromatic N) is 2. The summed E-state index contributed by atoms with van der Waals surface area (Å²) in [7, 11) is 2.21. The Labute approximate surface area is 104 Å². The Morgan fingerprint density at radius 1 is 1.53 bits per heavy atom. The maximum Gasteiger partial charge on any atom is 0.0315 e. The highest BCUT2D eigenvalue weighted by Crippen LogP contribution is 2.13. The van der Waals surface area contributed by atoms with E-state index in [-0.39, 0.29) is 0 Å². The van der Waals surface area contributed by atoms with E-state index >= 15 is 0 Å². The average Bonchev–Trinajstić information content (AvgIpc) is 2.33. The van der Waals surface area contributed by atoms with Crippen molar-refractivity contribution in [3.63, 3.8) is 0 Å². The Morgan fingerprint density at radius 3 is 3.12 bits per heavy atom. The molecule has 0 amide bonds. The fourth-order valence-electron chi connectivity index (χ4n) is 2.54. The highest BCUT2D eigenvalue weighted by molar-refractivity contribution is 5.21. The predicted molar refractivity (Wildman–Crippen MR) is 70.9 cm³/mol. The summed E-state index contributed by atoms with van der Waals surface area (Å²) in [5, 5.41) is 3.48. The summed E-state index contributed by atoms with van der Waals surface area (Å²) in [6, 6.07) is 2.09. The lowest BCUT2D eigenvalue weighted by Crippen LogP contribution is -2.36. The number of aromatic nitrogens is 1. The summed E-state index contributed by atoms with van der Waals surface area (Å²) in [5.74, 6) is 0.811. The van der Waals surface area contributed by atoms with Crippen molar-refractivity contribution < 1.29 is 0 Å². The summed E-state index contributed by atoms with van der Waals surface area (Å²) in [6.45, 7) is 6.73. The highest BCUT2D eigenvalue weighted by atomic mass is 15.1. The van der Waals surface area contributed by atoms with Gasteiger partial charge < -0.3 is 10.2 Å². The molecule has 0 saturated carbocycles. The largest absolute Gasteiger partial charge is 0.316 e. The standard InChI is InChI=1S/C14H23N3/c1-12-5-7-16-9-14(12)11-17(2)10-13-4-3-6-15-8-13/h5,7,9,13,15H,3-4,6,8,10-11H2,1-2H3. The van der Waals surface area contributed by atoms with Crippen LogP contribution in [0.15, 0.2) is 18.5 Å². The van der Waals surface area contributed by atoms with E-state index in [1.165, 1.54) is 43.6 Å². The molecular weight excluding hydrogens is 210 g/mol. The number of nitrogens with one attached hydrogen (secondary N) is 1. The van der Waals surface area contributed by atoms with Gasteiger partial charge in [-0.1, -0.05) is 0 Å². The monoisotopic (exact) mass is 233 g/mol. The Morgan fingerprint density at radius 2 is 2.41 bits per heavy atom. The second-order valence-corrected chi connectivity index (χ2v) is 5.21. The van der Waals surface area contributed by atoms with E-state index in [0.717, 1.165) is 12.5 Å². The maximum absolute atomic E-state index is 4.21. The van der Waals surface area contributed by atoms with E-state index in [1.807, 2.05) is 12.4 Å². The fraction of sp³-hybridized carbons (Fsp3) is 0.643. The van der Waals surface area contributed by atoms with Crippen LogP contribution in [0, 0.1) is 12.8 Å². The van der Waals surface area contributed by atoms with Crippen LogP contribution in [0.5, 0.6) is 0 Å². The van der Waals surface area contributed by atoms with Gasteiger partial charge in [-0.3, -0.25) is 4.98 Å². The van der Waals surface area contributed by atoms with E-state index < -0.39 is 0 Å². The van der Waals surface area contributed by atoms with Crippen molar-refractivity contribution in [1.29, 1.82) is 0 Å². The van der Waals surface area contributed by atoms with E-state index in [4.69, 9.17) is 0 Å². The molecule has 1 unspecified atom stereocenters. The summed E-state index contributed by atoms with van der Waals surface area (Å²) in [6.07, 6.45) is 6.54. The van der Waals surface area contributed by atoms with Gasteiger partial charge in [-0.25, -0.2) is 0 Å². The molecule has 1 aliphatic rings. The summed E-state index contributed by atoms with van der Waals surface area (Å²) >= 11 is 0. The first-order chi connectivity index (χ1) is 8.25. The SMILES string of the molecule is Cc1ccncc1CN(C)CC1CCCNC1. The zero-order valence-corrected chi connectivity index (χ0v) is 10.9. The average molecular weight is 233 g/mol. The molecule has 2 heterocycles. The van der Waals surface area contributed by atoms with Crippen molar-refractivity contribution in [1.82, 2.24) is 15.2 Å². The minimum atomic E-state index is 0.811. The third-order valence-electron chi connectivity index (χ3n) is 3.56. The molecule has 1 atom stereocenters. The number of aryl methyl sites for hydroxylation is 1. The number of hydrogen-bond donors (Lipinski definition) is 1.